The van der Waals surface area contributed by atoms with E-state index in [4.69, 9.17) is 5.26 Å². The fraction of sp³-hybridized carbons (Fsp3) is 0.750. The molecule has 0 fully saturated rings. The number of likely N-dealkylation sites (N-methyl/N-ethyl adjacent to an activating group) is 1. The highest BCUT2D eigenvalue weighted by molar-refractivity contribution is 5.77. The third-order valence-corrected chi connectivity index (χ3v) is 1.36. The van der Waals surface area contributed by atoms with Crippen molar-refractivity contribution in [2.75, 3.05) is 19.6 Å². The van der Waals surface area contributed by atoms with Gasteiger partial charge >= 0.3 is 0 Å². The molecule has 0 aliphatic carbocycles. The van der Waals surface area contributed by atoms with Gasteiger partial charge in [0.15, 0.2) is 0 Å². The van der Waals surface area contributed by atoms with Crippen molar-refractivity contribution in [3.63, 3.8) is 0 Å². The summed E-state index contributed by atoms with van der Waals surface area (Å²) in [6, 6.07) is 2.04. The minimum Gasteiger partial charge on any atom is -0.354 e. The summed E-state index contributed by atoms with van der Waals surface area (Å²) in [4.78, 5) is 10.9. The van der Waals surface area contributed by atoms with Crippen LogP contribution in [0.2, 0.25) is 0 Å². The van der Waals surface area contributed by atoms with E-state index in [2.05, 4.69) is 10.6 Å². The van der Waals surface area contributed by atoms with Crippen molar-refractivity contribution in [3.05, 3.63) is 0 Å². The number of hydrogen-bond donors (Lipinski definition) is 2. The van der Waals surface area contributed by atoms with E-state index in [1.165, 1.54) is 0 Å². The summed E-state index contributed by atoms with van der Waals surface area (Å²) < 4.78 is 0. The smallest absolute Gasteiger partial charge is 0.234 e. The van der Waals surface area contributed by atoms with Gasteiger partial charge in [-0.3, -0.25) is 4.79 Å². The first-order valence-corrected chi connectivity index (χ1v) is 4.07. The third-order valence-electron chi connectivity index (χ3n) is 1.36. The number of rotatable bonds is 5. The molecule has 0 aliphatic rings. The molecule has 0 heterocycles. The monoisotopic (exact) mass is 169 g/mol. The Bertz CT molecular complexity index is 174. The maximum atomic E-state index is 10.9. The van der Waals surface area contributed by atoms with Gasteiger partial charge in [-0.25, -0.2) is 0 Å². The summed E-state index contributed by atoms with van der Waals surface area (Å²) in [6.45, 7) is 5.25. The van der Waals surface area contributed by atoms with Crippen molar-refractivity contribution in [2.24, 2.45) is 5.92 Å². The van der Waals surface area contributed by atoms with Crippen molar-refractivity contribution in [1.82, 2.24) is 10.6 Å². The van der Waals surface area contributed by atoms with E-state index < -0.39 is 0 Å². The summed E-state index contributed by atoms with van der Waals surface area (Å²) in [5, 5.41) is 13.9. The predicted molar refractivity (Wildman–Crippen MR) is 46.3 cm³/mol. The van der Waals surface area contributed by atoms with Crippen molar-refractivity contribution >= 4 is 5.91 Å². The van der Waals surface area contributed by atoms with Gasteiger partial charge in [-0.15, -0.1) is 0 Å². The van der Waals surface area contributed by atoms with Crippen molar-refractivity contribution < 1.29 is 4.79 Å². The highest BCUT2D eigenvalue weighted by atomic mass is 16.1. The van der Waals surface area contributed by atoms with Crippen LogP contribution in [-0.4, -0.2) is 25.5 Å². The largest absolute Gasteiger partial charge is 0.354 e. The predicted octanol–water partition coefficient (Wildman–Crippen LogP) is -0.128. The van der Waals surface area contributed by atoms with Gasteiger partial charge in [-0.05, 0) is 13.5 Å². The first-order chi connectivity index (χ1) is 5.70. The minimum absolute atomic E-state index is 0.0565. The Kier molecular flexibility index (Phi) is 6.02. The molecule has 1 amide bonds. The number of hydrogen-bond acceptors (Lipinski definition) is 3. The average molecular weight is 169 g/mol. The van der Waals surface area contributed by atoms with Crippen LogP contribution in [0.15, 0.2) is 0 Å². The fourth-order valence-electron chi connectivity index (χ4n) is 0.614. The summed E-state index contributed by atoms with van der Waals surface area (Å²) in [6.07, 6.45) is 0. The maximum absolute atomic E-state index is 10.9. The molecular weight excluding hydrogens is 154 g/mol. The van der Waals surface area contributed by atoms with Crippen LogP contribution in [0.4, 0.5) is 0 Å². The first-order valence-electron chi connectivity index (χ1n) is 4.07. The van der Waals surface area contributed by atoms with Crippen molar-refractivity contribution in [3.8, 4) is 6.07 Å². The number of carbonyl (C=O) groups excluding carboxylic acids is 1. The van der Waals surface area contributed by atoms with E-state index in [0.717, 1.165) is 6.54 Å². The minimum atomic E-state index is -0.115. The lowest BCUT2D eigenvalue weighted by molar-refractivity contribution is -0.120. The highest BCUT2D eigenvalue weighted by Gasteiger charge is 2.02. The quantitative estimate of drug-likeness (QED) is 0.602. The Labute approximate surface area is 72.9 Å². The molecule has 0 saturated carbocycles. The maximum Gasteiger partial charge on any atom is 0.234 e. The molecule has 0 bridgehead atoms. The Hall–Kier alpha value is -1.08. The molecule has 0 spiro atoms. The first kappa shape index (κ1) is 10.9. The highest BCUT2D eigenvalue weighted by Crippen LogP contribution is 1.86. The average Bonchev–Trinajstić information content (AvgIpc) is 2.10. The zero-order chi connectivity index (χ0) is 9.40. The van der Waals surface area contributed by atoms with Crippen LogP contribution in [0.1, 0.15) is 13.8 Å². The second kappa shape index (κ2) is 6.62. The Morgan fingerprint density at radius 2 is 2.33 bits per heavy atom. The van der Waals surface area contributed by atoms with Crippen LogP contribution in [0.5, 0.6) is 0 Å². The van der Waals surface area contributed by atoms with Crippen LogP contribution in [0.3, 0.4) is 0 Å². The van der Waals surface area contributed by atoms with E-state index in [0.29, 0.717) is 13.1 Å². The van der Waals surface area contributed by atoms with Gasteiger partial charge in [-0.2, -0.15) is 5.26 Å². The van der Waals surface area contributed by atoms with Gasteiger partial charge in [0.05, 0.1) is 18.5 Å². The van der Waals surface area contributed by atoms with Crippen LogP contribution in [-0.2, 0) is 4.79 Å². The Morgan fingerprint density at radius 3 is 2.83 bits per heavy atom. The molecule has 0 aromatic carbocycles. The van der Waals surface area contributed by atoms with Gasteiger partial charge in [0, 0.05) is 6.54 Å². The molecule has 68 valence electrons. The van der Waals surface area contributed by atoms with Gasteiger partial charge in [0.2, 0.25) is 5.91 Å². The molecule has 0 aliphatic heterocycles. The molecule has 4 nitrogen and oxygen atoms in total. The molecule has 2 N–H and O–H groups in total. The standard InChI is InChI=1S/C8H15N3O/c1-3-10-6-8(12)11-5-7(2)4-9/h7,10H,3,5-6H2,1-2H3,(H,11,12). The van der Waals surface area contributed by atoms with Gasteiger partial charge in [0.1, 0.15) is 0 Å². The summed E-state index contributed by atoms with van der Waals surface area (Å²) >= 11 is 0. The molecular formula is C8H15N3O. The number of nitrogens with zero attached hydrogens (tertiary/aromatic N) is 1. The van der Waals surface area contributed by atoms with Crippen molar-refractivity contribution in [2.45, 2.75) is 13.8 Å². The fourth-order valence-corrected chi connectivity index (χ4v) is 0.614. The molecule has 0 aromatic heterocycles. The molecule has 0 radical (unpaired) electrons. The topological polar surface area (TPSA) is 64.9 Å². The Balaban J connectivity index is 3.39. The van der Waals surface area contributed by atoms with E-state index >= 15 is 0 Å². The lowest BCUT2D eigenvalue weighted by atomic mass is 10.2. The van der Waals surface area contributed by atoms with E-state index in [-0.39, 0.29) is 11.8 Å². The molecule has 1 unspecified atom stereocenters. The molecule has 0 saturated heterocycles. The summed E-state index contributed by atoms with van der Waals surface area (Å²) in [5.41, 5.74) is 0. The zero-order valence-electron chi connectivity index (χ0n) is 7.55. The van der Waals surface area contributed by atoms with E-state index in [1.807, 2.05) is 13.0 Å². The molecule has 0 rings (SSSR count). The van der Waals surface area contributed by atoms with Crippen LogP contribution in [0.25, 0.3) is 0 Å². The SMILES string of the molecule is CCNCC(=O)NCC(C)C#N. The number of carbonyl (C=O) groups is 1. The molecule has 4 heteroatoms. The summed E-state index contributed by atoms with van der Waals surface area (Å²) in [7, 11) is 0. The van der Waals surface area contributed by atoms with Crippen LogP contribution < -0.4 is 10.6 Å². The third kappa shape index (κ3) is 5.69. The van der Waals surface area contributed by atoms with E-state index in [9.17, 15) is 4.79 Å². The van der Waals surface area contributed by atoms with Crippen molar-refractivity contribution in [1.29, 1.82) is 5.26 Å². The lowest BCUT2D eigenvalue weighted by Gasteiger charge is -2.05. The van der Waals surface area contributed by atoms with E-state index in [1.54, 1.807) is 6.92 Å². The molecule has 0 aromatic rings. The van der Waals surface area contributed by atoms with Gasteiger partial charge < -0.3 is 10.6 Å². The van der Waals surface area contributed by atoms with Crippen LogP contribution >= 0.6 is 0 Å². The second-order valence-corrected chi connectivity index (χ2v) is 2.61. The number of nitrogens with one attached hydrogen (secondary N) is 2. The zero-order valence-corrected chi connectivity index (χ0v) is 7.55. The summed E-state index contributed by atoms with van der Waals surface area (Å²) in [5.74, 6) is -0.172. The normalized spacial score (nSPS) is 11.8. The molecule has 12 heavy (non-hydrogen) atoms. The van der Waals surface area contributed by atoms with Crippen LogP contribution in [0, 0.1) is 17.2 Å². The molecule has 1 atom stereocenters. The lowest BCUT2D eigenvalue weighted by Crippen LogP contribution is -2.35. The number of amides is 1. The van der Waals surface area contributed by atoms with Gasteiger partial charge in [0.25, 0.3) is 0 Å². The second-order valence-electron chi connectivity index (χ2n) is 2.61. The Morgan fingerprint density at radius 1 is 1.67 bits per heavy atom. The number of nitriles is 1. The van der Waals surface area contributed by atoms with Gasteiger partial charge in [-0.1, -0.05) is 6.92 Å².